The molecule has 7 heavy (non-hydrogen) atoms. The summed E-state index contributed by atoms with van der Waals surface area (Å²) < 4.78 is 0. The largest absolute Gasteiger partial charge is 0.238 e. The molecular weight excluding hydrogens is 112 g/mol. The Morgan fingerprint density at radius 2 is 2.00 bits per heavy atom. The van der Waals surface area contributed by atoms with Crippen LogP contribution in [-0.2, 0) is 0 Å². The molecule has 1 aromatic heterocycles. The summed E-state index contributed by atoms with van der Waals surface area (Å²) in [5.74, 6) is 0. The fourth-order valence-electron chi connectivity index (χ4n) is 0.267. The molecule has 0 radical (unpaired) electrons. The quantitative estimate of drug-likeness (QED) is 0.493. The van der Waals surface area contributed by atoms with E-state index in [1.165, 1.54) is 4.91 Å². The van der Waals surface area contributed by atoms with Gasteiger partial charge in [-0.1, -0.05) is 4.91 Å². The minimum atomic E-state index is 1.24. The zero-order valence-corrected chi connectivity index (χ0v) is 4.34. The Labute approximate surface area is 46.0 Å². The Kier molecular flexibility index (Phi) is 1.16. The maximum atomic E-state index is 3.66. The molecule has 1 rings (SSSR count). The molecule has 0 aliphatic carbocycles. The van der Waals surface area contributed by atoms with E-state index in [1.807, 2.05) is 0 Å². The standard InChI is InChI=1S/C2H4N4S/c7-5-6-3-1-2-4-6/h1-2,5,7H. The zero-order chi connectivity index (χ0) is 5.11. The summed E-state index contributed by atoms with van der Waals surface area (Å²) in [6, 6.07) is 0. The lowest BCUT2D eigenvalue weighted by Gasteiger charge is -1.88. The van der Waals surface area contributed by atoms with Crippen LogP contribution in [0, 0.1) is 0 Å². The predicted molar refractivity (Wildman–Crippen MR) is 28.4 cm³/mol. The second-order valence-electron chi connectivity index (χ2n) is 0.919. The van der Waals surface area contributed by atoms with Crippen molar-refractivity contribution in [2.45, 2.75) is 0 Å². The van der Waals surface area contributed by atoms with Crippen LogP contribution >= 0.6 is 12.8 Å². The van der Waals surface area contributed by atoms with Crippen LogP contribution < -0.4 is 4.83 Å². The highest BCUT2D eigenvalue weighted by Gasteiger charge is 1.77. The van der Waals surface area contributed by atoms with E-state index in [4.69, 9.17) is 0 Å². The predicted octanol–water partition coefficient (Wildman–Crippen LogP) is -0.334. The van der Waals surface area contributed by atoms with Gasteiger partial charge >= 0.3 is 0 Å². The molecule has 0 saturated carbocycles. The van der Waals surface area contributed by atoms with Crippen molar-refractivity contribution in [3.63, 3.8) is 0 Å². The van der Waals surface area contributed by atoms with Crippen molar-refractivity contribution in [2.24, 2.45) is 0 Å². The number of nitrogens with zero attached hydrogens (tertiary/aromatic N) is 3. The molecule has 0 aromatic carbocycles. The molecule has 0 unspecified atom stereocenters. The molecule has 0 fully saturated rings. The number of hydrogen-bond acceptors (Lipinski definition) is 4. The topological polar surface area (TPSA) is 42.7 Å². The van der Waals surface area contributed by atoms with Crippen LogP contribution in [0.25, 0.3) is 0 Å². The van der Waals surface area contributed by atoms with Gasteiger partial charge in [0.2, 0.25) is 0 Å². The van der Waals surface area contributed by atoms with Crippen LogP contribution in [0.2, 0.25) is 0 Å². The van der Waals surface area contributed by atoms with Crippen LogP contribution in [0.15, 0.2) is 12.4 Å². The molecule has 1 heterocycles. The number of hydrogen-bond donors (Lipinski definition) is 2. The second kappa shape index (κ2) is 1.83. The maximum Gasteiger partial charge on any atom is 0.0715 e. The average molecular weight is 116 g/mol. The van der Waals surface area contributed by atoms with Crippen LogP contribution in [0.5, 0.6) is 0 Å². The first-order valence-corrected chi connectivity index (χ1v) is 2.14. The van der Waals surface area contributed by atoms with E-state index in [9.17, 15) is 0 Å². The average Bonchev–Trinajstić information content (AvgIpc) is 2.14. The van der Waals surface area contributed by atoms with Crippen LogP contribution in [0.1, 0.15) is 0 Å². The first-order valence-electron chi connectivity index (χ1n) is 1.70. The fraction of sp³-hybridized carbons (Fsp3) is 0. The summed E-state index contributed by atoms with van der Waals surface area (Å²) in [6.07, 6.45) is 3.12. The third-order valence-electron chi connectivity index (χ3n) is 0.508. The van der Waals surface area contributed by atoms with E-state index in [0.29, 0.717) is 0 Å². The van der Waals surface area contributed by atoms with Gasteiger partial charge in [0.15, 0.2) is 0 Å². The first kappa shape index (κ1) is 4.45. The molecule has 1 aromatic rings. The van der Waals surface area contributed by atoms with Gasteiger partial charge in [0.05, 0.1) is 12.4 Å². The second-order valence-corrected chi connectivity index (χ2v) is 1.12. The van der Waals surface area contributed by atoms with E-state index >= 15 is 0 Å². The molecule has 0 atom stereocenters. The summed E-state index contributed by atoms with van der Waals surface area (Å²) in [7, 11) is 0. The molecule has 0 saturated heterocycles. The minimum absolute atomic E-state index is 1.24. The molecule has 5 heteroatoms. The molecule has 0 aliphatic heterocycles. The van der Waals surface area contributed by atoms with Crippen LogP contribution in [-0.4, -0.2) is 15.1 Å². The lowest BCUT2D eigenvalue weighted by atomic mass is 11.0. The van der Waals surface area contributed by atoms with Crippen molar-refractivity contribution < 1.29 is 0 Å². The number of nitrogens with one attached hydrogen (secondary N) is 1. The van der Waals surface area contributed by atoms with Crippen LogP contribution in [0.4, 0.5) is 0 Å². The van der Waals surface area contributed by atoms with E-state index in [2.05, 4.69) is 27.8 Å². The molecule has 4 nitrogen and oxygen atoms in total. The normalized spacial score (nSPS) is 8.71. The Bertz CT molecular complexity index is 124. The van der Waals surface area contributed by atoms with E-state index in [0.717, 1.165) is 0 Å². The highest BCUT2D eigenvalue weighted by atomic mass is 32.1. The zero-order valence-electron chi connectivity index (χ0n) is 3.44. The summed E-state index contributed by atoms with van der Waals surface area (Å²) in [5.41, 5.74) is 0. The molecule has 38 valence electrons. The van der Waals surface area contributed by atoms with Gasteiger partial charge in [-0.05, 0) is 12.8 Å². The molecular formula is C2H4N4S. The highest BCUT2D eigenvalue weighted by molar-refractivity contribution is 7.81. The Morgan fingerprint density at radius 3 is 2.29 bits per heavy atom. The van der Waals surface area contributed by atoms with Gasteiger partial charge in [-0.15, -0.1) is 10.2 Å². The smallest absolute Gasteiger partial charge is 0.0715 e. The van der Waals surface area contributed by atoms with Gasteiger partial charge < -0.3 is 0 Å². The lowest BCUT2D eigenvalue weighted by Crippen LogP contribution is -2.06. The SMILES string of the molecule is SNn1nccn1. The van der Waals surface area contributed by atoms with Crippen molar-refractivity contribution in [2.75, 3.05) is 4.83 Å². The van der Waals surface area contributed by atoms with Crippen molar-refractivity contribution >= 4 is 12.8 Å². The van der Waals surface area contributed by atoms with Gasteiger partial charge in [-0.25, -0.2) is 4.83 Å². The number of rotatable bonds is 1. The van der Waals surface area contributed by atoms with Crippen molar-refractivity contribution in [1.82, 2.24) is 15.1 Å². The highest BCUT2D eigenvalue weighted by Crippen LogP contribution is 1.70. The van der Waals surface area contributed by atoms with Crippen molar-refractivity contribution in [3.05, 3.63) is 12.4 Å². The maximum absolute atomic E-state index is 3.66. The summed E-state index contributed by atoms with van der Waals surface area (Å²) >= 11 is 3.66. The molecule has 0 aliphatic rings. The van der Waals surface area contributed by atoms with Gasteiger partial charge in [0.25, 0.3) is 0 Å². The van der Waals surface area contributed by atoms with E-state index in [-0.39, 0.29) is 0 Å². The number of thiol groups is 1. The van der Waals surface area contributed by atoms with Gasteiger partial charge in [0, 0.05) is 0 Å². The van der Waals surface area contributed by atoms with Gasteiger partial charge in [0.1, 0.15) is 0 Å². The molecule has 0 spiro atoms. The minimum Gasteiger partial charge on any atom is -0.238 e. The first-order chi connectivity index (χ1) is 3.43. The molecule has 0 bridgehead atoms. The Balaban J connectivity index is 2.76. The van der Waals surface area contributed by atoms with Crippen molar-refractivity contribution in [1.29, 1.82) is 0 Å². The number of aromatic nitrogens is 3. The third-order valence-corrected chi connectivity index (χ3v) is 0.687. The van der Waals surface area contributed by atoms with Crippen molar-refractivity contribution in [3.8, 4) is 0 Å². The van der Waals surface area contributed by atoms with Gasteiger partial charge in [-0.3, -0.25) is 0 Å². The Hall–Kier alpha value is -0.710. The monoisotopic (exact) mass is 116 g/mol. The third kappa shape index (κ3) is 0.833. The van der Waals surface area contributed by atoms with Crippen LogP contribution in [0.3, 0.4) is 0 Å². The fourth-order valence-corrected chi connectivity index (χ4v) is 0.371. The Morgan fingerprint density at radius 1 is 1.43 bits per heavy atom. The van der Waals surface area contributed by atoms with Gasteiger partial charge in [-0.2, -0.15) is 0 Å². The molecule has 0 amide bonds. The molecule has 1 N–H and O–H groups in total. The van der Waals surface area contributed by atoms with E-state index in [1.54, 1.807) is 12.4 Å². The summed E-state index contributed by atoms with van der Waals surface area (Å²) in [5, 5.41) is 7.31. The summed E-state index contributed by atoms with van der Waals surface area (Å²) in [4.78, 5) is 3.64. The lowest BCUT2D eigenvalue weighted by molar-refractivity contribution is 0.711. The van der Waals surface area contributed by atoms with E-state index < -0.39 is 0 Å². The summed E-state index contributed by atoms with van der Waals surface area (Å²) in [6.45, 7) is 0.